The number of nitrogens with one attached hydrogen (secondary N) is 1. The number of amides is 1. The molecule has 0 saturated heterocycles. The van der Waals surface area contributed by atoms with Gasteiger partial charge in [0.1, 0.15) is 6.54 Å². The van der Waals surface area contributed by atoms with Crippen LogP contribution in [0.15, 0.2) is 42.7 Å². The first-order valence-electron chi connectivity index (χ1n) is 5.32. The zero-order valence-corrected chi connectivity index (χ0v) is 10.2. The summed E-state index contributed by atoms with van der Waals surface area (Å²) >= 11 is 5.85. The van der Waals surface area contributed by atoms with E-state index in [2.05, 4.69) is 5.32 Å². The van der Waals surface area contributed by atoms with Crippen LogP contribution < -0.4 is 5.32 Å². The molecule has 0 radical (unpaired) electrons. The van der Waals surface area contributed by atoms with Crippen LogP contribution in [-0.4, -0.2) is 10.5 Å². The third-order valence-electron chi connectivity index (χ3n) is 2.45. The van der Waals surface area contributed by atoms with Gasteiger partial charge in [0.15, 0.2) is 0 Å². The summed E-state index contributed by atoms with van der Waals surface area (Å²) in [5, 5.41) is 3.53. The first kappa shape index (κ1) is 11.7. The molecule has 2 aromatic rings. The predicted octanol–water partition coefficient (Wildman–Crippen LogP) is 3.09. The highest BCUT2D eigenvalue weighted by Gasteiger charge is 2.05. The lowest BCUT2D eigenvalue weighted by Crippen LogP contribution is -2.18. The first-order valence-corrected chi connectivity index (χ1v) is 5.70. The standard InChI is InChI=1S/C13H13ClN2O/c1-10-8-11(14)4-5-12(10)15-13(17)9-16-6-2-3-7-16/h2-8H,9H2,1H3,(H,15,17). The van der Waals surface area contributed by atoms with Crippen molar-refractivity contribution in [1.82, 2.24) is 4.57 Å². The van der Waals surface area contributed by atoms with Gasteiger partial charge in [-0.3, -0.25) is 4.79 Å². The van der Waals surface area contributed by atoms with Crippen molar-refractivity contribution in [2.75, 3.05) is 5.32 Å². The number of carbonyl (C=O) groups is 1. The molecule has 1 N–H and O–H groups in total. The van der Waals surface area contributed by atoms with Crippen LogP contribution in [0, 0.1) is 6.92 Å². The van der Waals surface area contributed by atoms with E-state index in [9.17, 15) is 4.79 Å². The average molecular weight is 249 g/mol. The van der Waals surface area contributed by atoms with Gasteiger partial charge in [-0.15, -0.1) is 0 Å². The van der Waals surface area contributed by atoms with E-state index >= 15 is 0 Å². The van der Waals surface area contributed by atoms with E-state index in [1.165, 1.54) is 0 Å². The maximum absolute atomic E-state index is 11.8. The third-order valence-corrected chi connectivity index (χ3v) is 2.69. The summed E-state index contributed by atoms with van der Waals surface area (Å²) in [6.07, 6.45) is 3.71. The molecule has 0 spiro atoms. The number of aromatic nitrogens is 1. The summed E-state index contributed by atoms with van der Waals surface area (Å²) in [6, 6.07) is 9.18. The zero-order valence-electron chi connectivity index (χ0n) is 9.48. The molecule has 1 heterocycles. The van der Waals surface area contributed by atoms with Crippen molar-refractivity contribution in [1.29, 1.82) is 0 Å². The second kappa shape index (κ2) is 5.06. The van der Waals surface area contributed by atoms with E-state index in [0.717, 1.165) is 11.3 Å². The van der Waals surface area contributed by atoms with Crippen LogP contribution in [0.4, 0.5) is 5.69 Å². The molecule has 3 nitrogen and oxygen atoms in total. The number of hydrogen-bond acceptors (Lipinski definition) is 1. The van der Waals surface area contributed by atoms with Gasteiger partial charge in [0, 0.05) is 23.1 Å². The quantitative estimate of drug-likeness (QED) is 0.890. The van der Waals surface area contributed by atoms with Crippen LogP contribution in [0.1, 0.15) is 5.56 Å². The van der Waals surface area contributed by atoms with Gasteiger partial charge >= 0.3 is 0 Å². The van der Waals surface area contributed by atoms with Crippen molar-refractivity contribution in [3.05, 3.63) is 53.3 Å². The van der Waals surface area contributed by atoms with Crippen molar-refractivity contribution in [2.24, 2.45) is 0 Å². The van der Waals surface area contributed by atoms with E-state index in [1.807, 2.05) is 48.1 Å². The molecular formula is C13H13ClN2O. The van der Waals surface area contributed by atoms with Gasteiger partial charge in [-0.2, -0.15) is 0 Å². The molecule has 1 aromatic heterocycles. The molecule has 0 unspecified atom stereocenters. The van der Waals surface area contributed by atoms with Crippen molar-refractivity contribution in [3.8, 4) is 0 Å². The van der Waals surface area contributed by atoms with E-state index in [4.69, 9.17) is 11.6 Å². The lowest BCUT2D eigenvalue weighted by molar-refractivity contribution is -0.116. The van der Waals surface area contributed by atoms with Gasteiger partial charge in [-0.05, 0) is 42.8 Å². The minimum Gasteiger partial charge on any atom is -0.345 e. The monoisotopic (exact) mass is 248 g/mol. The molecular weight excluding hydrogens is 236 g/mol. The Morgan fingerprint density at radius 2 is 2.06 bits per heavy atom. The van der Waals surface area contributed by atoms with Crippen molar-refractivity contribution >= 4 is 23.2 Å². The number of carbonyl (C=O) groups excluding carboxylic acids is 1. The molecule has 0 saturated carbocycles. The van der Waals surface area contributed by atoms with E-state index in [0.29, 0.717) is 11.6 Å². The van der Waals surface area contributed by atoms with Crippen molar-refractivity contribution in [2.45, 2.75) is 13.5 Å². The number of anilines is 1. The fourth-order valence-corrected chi connectivity index (χ4v) is 1.83. The van der Waals surface area contributed by atoms with Crippen LogP contribution in [0.2, 0.25) is 5.02 Å². The molecule has 0 fully saturated rings. The Bertz CT molecular complexity index is 520. The molecule has 0 bridgehead atoms. The molecule has 4 heteroatoms. The average Bonchev–Trinajstić information content (AvgIpc) is 2.75. The Morgan fingerprint density at radius 3 is 2.71 bits per heavy atom. The van der Waals surface area contributed by atoms with Crippen molar-refractivity contribution < 1.29 is 4.79 Å². The van der Waals surface area contributed by atoms with Gasteiger partial charge in [0.25, 0.3) is 0 Å². The Labute approximate surface area is 105 Å². The third kappa shape index (κ3) is 3.11. The molecule has 0 atom stereocenters. The minimum atomic E-state index is -0.0494. The van der Waals surface area contributed by atoms with Crippen LogP contribution >= 0.6 is 11.6 Å². The van der Waals surface area contributed by atoms with Crippen LogP contribution in [-0.2, 0) is 11.3 Å². The number of nitrogens with zero attached hydrogens (tertiary/aromatic N) is 1. The Morgan fingerprint density at radius 1 is 1.35 bits per heavy atom. The highest BCUT2D eigenvalue weighted by atomic mass is 35.5. The maximum atomic E-state index is 11.8. The SMILES string of the molecule is Cc1cc(Cl)ccc1NC(=O)Cn1cccc1. The fourth-order valence-electron chi connectivity index (χ4n) is 1.60. The number of hydrogen-bond donors (Lipinski definition) is 1. The molecule has 17 heavy (non-hydrogen) atoms. The number of halogens is 1. The van der Waals surface area contributed by atoms with Gasteiger partial charge in [-0.1, -0.05) is 11.6 Å². The smallest absolute Gasteiger partial charge is 0.244 e. The first-order chi connectivity index (χ1) is 8.15. The summed E-state index contributed by atoms with van der Waals surface area (Å²) in [6.45, 7) is 2.23. The van der Waals surface area contributed by atoms with Gasteiger partial charge < -0.3 is 9.88 Å². The lowest BCUT2D eigenvalue weighted by Gasteiger charge is -2.09. The molecule has 0 aliphatic heterocycles. The number of aryl methyl sites for hydroxylation is 1. The summed E-state index contributed by atoms with van der Waals surface area (Å²) < 4.78 is 1.82. The maximum Gasteiger partial charge on any atom is 0.244 e. The van der Waals surface area contributed by atoms with Gasteiger partial charge in [0.2, 0.25) is 5.91 Å². The van der Waals surface area contributed by atoms with Crippen LogP contribution in [0.5, 0.6) is 0 Å². The highest BCUT2D eigenvalue weighted by Crippen LogP contribution is 2.19. The summed E-state index contributed by atoms with van der Waals surface area (Å²) in [7, 11) is 0. The summed E-state index contributed by atoms with van der Waals surface area (Å²) in [5.41, 5.74) is 1.75. The Kier molecular flexibility index (Phi) is 3.49. The zero-order chi connectivity index (χ0) is 12.3. The molecule has 2 rings (SSSR count). The molecule has 1 amide bonds. The Balaban J connectivity index is 2.03. The lowest BCUT2D eigenvalue weighted by atomic mass is 10.2. The summed E-state index contributed by atoms with van der Waals surface area (Å²) in [5.74, 6) is -0.0494. The van der Waals surface area contributed by atoms with Gasteiger partial charge in [-0.25, -0.2) is 0 Å². The predicted molar refractivity (Wildman–Crippen MR) is 69.3 cm³/mol. The topological polar surface area (TPSA) is 34.0 Å². The van der Waals surface area contributed by atoms with E-state index in [-0.39, 0.29) is 5.91 Å². The van der Waals surface area contributed by atoms with E-state index < -0.39 is 0 Å². The molecule has 0 aliphatic carbocycles. The van der Waals surface area contributed by atoms with E-state index in [1.54, 1.807) is 6.07 Å². The second-order valence-corrected chi connectivity index (χ2v) is 4.30. The minimum absolute atomic E-state index is 0.0494. The number of rotatable bonds is 3. The van der Waals surface area contributed by atoms with Crippen molar-refractivity contribution in [3.63, 3.8) is 0 Å². The molecule has 0 aliphatic rings. The molecule has 88 valence electrons. The van der Waals surface area contributed by atoms with Crippen LogP contribution in [0.25, 0.3) is 0 Å². The number of benzene rings is 1. The van der Waals surface area contributed by atoms with Crippen LogP contribution in [0.3, 0.4) is 0 Å². The normalized spacial score (nSPS) is 10.2. The fraction of sp³-hybridized carbons (Fsp3) is 0.154. The molecule has 1 aromatic carbocycles. The largest absolute Gasteiger partial charge is 0.345 e. The summed E-state index contributed by atoms with van der Waals surface area (Å²) in [4.78, 5) is 11.8. The highest BCUT2D eigenvalue weighted by molar-refractivity contribution is 6.30. The van der Waals surface area contributed by atoms with Gasteiger partial charge in [0.05, 0.1) is 0 Å². The second-order valence-electron chi connectivity index (χ2n) is 3.86. The Hall–Kier alpha value is -1.74.